The fourth-order valence-electron chi connectivity index (χ4n) is 1.55. The van der Waals surface area contributed by atoms with E-state index in [1.54, 1.807) is 0 Å². The van der Waals surface area contributed by atoms with Gasteiger partial charge >= 0.3 is 0 Å². The van der Waals surface area contributed by atoms with E-state index in [1.165, 1.54) is 12.1 Å². The maximum Gasteiger partial charge on any atom is 0.127 e. The molecule has 1 aromatic carbocycles. The van der Waals surface area contributed by atoms with Crippen LogP contribution in [0.3, 0.4) is 0 Å². The molecule has 1 aromatic heterocycles. The molecule has 2 rings (SSSR count). The minimum Gasteiger partial charge on any atom is -0.383 e. The highest BCUT2D eigenvalue weighted by Gasteiger charge is 2.07. The van der Waals surface area contributed by atoms with Crippen molar-refractivity contribution in [2.75, 3.05) is 5.73 Å². The van der Waals surface area contributed by atoms with Crippen molar-refractivity contribution in [3.05, 3.63) is 34.6 Å². The van der Waals surface area contributed by atoms with E-state index in [9.17, 15) is 4.39 Å². The summed E-state index contributed by atoms with van der Waals surface area (Å²) in [7, 11) is 0. The third-order valence-electron chi connectivity index (χ3n) is 2.33. The Balaban J connectivity index is 2.81. The Morgan fingerprint density at radius 1 is 1.40 bits per heavy atom. The SMILES string of the molecule is CCc1cc2cc(F)cc(Cl)c2nc1N. The lowest BCUT2D eigenvalue weighted by atomic mass is 10.1. The zero-order chi connectivity index (χ0) is 11.0. The molecule has 2 aromatic rings. The van der Waals surface area contributed by atoms with Gasteiger partial charge in [-0.25, -0.2) is 9.37 Å². The molecular weight excluding hydrogens is 215 g/mol. The first-order valence-electron chi connectivity index (χ1n) is 4.66. The Kier molecular flexibility index (Phi) is 2.49. The monoisotopic (exact) mass is 224 g/mol. The molecule has 0 radical (unpaired) electrons. The molecule has 0 atom stereocenters. The van der Waals surface area contributed by atoms with Gasteiger partial charge in [0.15, 0.2) is 0 Å². The van der Waals surface area contributed by atoms with E-state index in [-0.39, 0.29) is 5.82 Å². The minimum absolute atomic E-state index is 0.291. The van der Waals surface area contributed by atoms with Gasteiger partial charge in [0, 0.05) is 5.39 Å². The molecule has 0 spiro atoms. The number of hydrogen-bond donors (Lipinski definition) is 1. The van der Waals surface area contributed by atoms with Crippen LogP contribution in [0.25, 0.3) is 10.9 Å². The zero-order valence-electron chi connectivity index (χ0n) is 8.22. The van der Waals surface area contributed by atoms with E-state index in [0.29, 0.717) is 21.7 Å². The molecule has 0 fully saturated rings. The minimum atomic E-state index is -0.360. The molecule has 78 valence electrons. The summed E-state index contributed by atoms with van der Waals surface area (Å²) < 4.78 is 13.1. The molecule has 0 saturated carbocycles. The number of aromatic nitrogens is 1. The van der Waals surface area contributed by atoms with Crippen molar-refractivity contribution in [1.29, 1.82) is 0 Å². The second-order valence-corrected chi connectivity index (χ2v) is 3.75. The lowest BCUT2D eigenvalue weighted by molar-refractivity contribution is 0.629. The van der Waals surface area contributed by atoms with Gasteiger partial charge in [0.05, 0.1) is 10.5 Å². The second kappa shape index (κ2) is 3.66. The van der Waals surface area contributed by atoms with Gasteiger partial charge in [0.1, 0.15) is 11.6 Å². The zero-order valence-corrected chi connectivity index (χ0v) is 8.98. The molecule has 15 heavy (non-hydrogen) atoms. The number of fused-ring (bicyclic) bond motifs is 1. The molecule has 0 aliphatic carbocycles. The van der Waals surface area contributed by atoms with Gasteiger partial charge in [-0.2, -0.15) is 0 Å². The Bertz CT molecular complexity index is 525. The normalized spacial score (nSPS) is 10.9. The molecule has 0 amide bonds. The average Bonchev–Trinajstić information content (AvgIpc) is 2.18. The van der Waals surface area contributed by atoms with Crippen LogP contribution in [0.4, 0.5) is 10.2 Å². The number of nitrogen functional groups attached to an aromatic ring is 1. The Hall–Kier alpha value is -1.35. The number of benzene rings is 1. The van der Waals surface area contributed by atoms with Gasteiger partial charge in [0.25, 0.3) is 0 Å². The highest BCUT2D eigenvalue weighted by Crippen LogP contribution is 2.26. The van der Waals surface area contributed by atoms with Crippen molar-refractivity contribution in [3.8, 4) is 0 Å². The van der Waals surface area contributed by atoms with E-state index in [0.717, 1.165) is 12.0 Å². The van der Waals surface area contributed by atoms with Crippen LogP contribution >= 0.6 is 11.6 Å². The molecular formula is C11H10ClFN2. The van der Waals surface area contributed by atoms with Crippen molar-refractivity contribution in [2.45, 2.75) is 13.3 Å². The largest absolute Gasteiger partial charge is 0.383 e. The summed E-state index contributed by atoms with van der Waals surface area (Å²) in [6.07, 6.45) is 0.767. The lowest BCUT2D eigenvalue weighted by Gasteiger charge is -2.06. The highest BCUT2D eigenvalue weighted by atomic mass is 35.5. The highest BCUT2D eigenvalue weighted by molar-refractivity contribution is 6.35. The smallest absolute Gasteiger partial charge is 0.127 e. The number of aryl methyl sites for hydroxylation is 1. The summed E-state index contributed by atoms with van der Waals surface area (Å²) in [6.45, 7) is 1.97. The van der Waals surface area contributed by atoms with Crippen LogP contribution in [-0.4, -0.2) is 4.98 Å². The number of rotatable bonds is 1. The standard InChI is InChI=1S/C11H10ClFN2/c1-2-6-3-7-4-8(13)5-9(12)10(7)15-11(6)14/h3-5H,2H2,1H3,(H2,14,15). The topological polar surface area (TPSA) is 38.9 Å². The summed E-state index contributed by atoms with van der Waals surface area (Å²) >= 11 is 5.87. The molecule has 1 heterocycles. The van der Waals surface area contributed by atoms with Crippen molar-refractivity contribution < 1.29 is 4.39 Å². The molecule has 4 heteroatoms. The second-order valence-electron chi connectivity index (χ2n) is 3.35. The molecule has 0 unspecified atom stereocenters. The number of pyridine rings is 1. The van der Waals surface area contributed by atoms with Crippen LogP contribution in [-0.2, 0) is 6.42 Å². The fraction of sp³-hybridized carbons (Fsp3) is 0.182. The number of anilines is 1. The van der Waals surface area contributed by atoms with Crippen LogP contribution < -0.4 is 5.73 Å². The Morgan fingerprint density at radius 2 is 2.13 bits per heavy atom. The Morgan fingerprint density at radius 3 is 2.80 bits per heavy atom. The van der Waals surface area contributed by atoms with Gasteiger partial charge in [0.2, 0.25) is 0 Å². The molecule has 0 saturated heterocycles. The number of nitrogens with zero attached hydrogens (tertiary/aromatic N) is 1. The van der Waals surface area contributed by atoms with E-state index in [1.807, 2.05) is 13.0 Å². The van der Waals surface area contributed by atoms with Gasteiger partial charge in [-0.1, -0.05) is 18.5 Å². The first-order valence-corrected chi connectivity index (χ1v) is 5.03. The number of hydrogen-bond acceptors (Lipinski definition) is 2. The molecule has 0 aliphatic rings. The number of nitrogens with two attached hydrogens (primary N) is 1. The number of halogens is 2. The van der Waals surface area contributed by atoms with Gasteiger partial charge in [-0.05, 0) is 30.2 Å². The Labute approximate surface area is 91.9 Å². The fourth-order valence-corrected chi connectivity index (χ4v) is 1.81. The summed E-state index contributed by atoms with van der Waals surface area (Å²) in [5.74, 6) is 0.0969. The van der Waals surface area contributed by atoms with Crippen LogP contribution in [0.15, 0.2) is 18.2 Å². The van der Waals surface area contributed by atoms with E-state index >= 15 is 0 Å². The average molecular weight is 225 g/mol. The van der Waals surface area contributed by atoms with Crippen LogP contribution in [0.5, 0.6) is 0 Å². The van der Waals surface area contributed by atoms with Crippen molar-refractivity contribution in [1.82, 2.24) is 4.98 Å². The summed E-state index contributed by atoms with van der Waals surface area (Å²) in [5, 5.41) is 0.977. The van der Waals surface area contributed by atoms with E-state index in [4.69, 9.17) is 17.3 Å². The summed E-state index contributed by atoms with van der Waals surface area (Å²) in [5.41, 5.74) is 7.20. The lowest BCUT2D eigenvalue weighted by Crippen LogP contribution is -1.97. The van der Waals surface area contributed by atoms with Gasteiger partial charge in [-0.3, -0.25) is 0 Å². The van der Waals surface area contributed by atoms with Gasteiger partial charge in [-0.15, -0.1) is 0 Å². The van der Waals surface area contributed by atoms with Crippen LogP contribution in [0, 0.1) is 5.82 Å². The van der Waals surface area contributed by atoms with Gasteiger partial charge < -0.3 is 5.73 Å². The van der Waals surface area contributed by atoms with Crippen molar-refractivity contribution in [3.63, 3.8) is 0 Å². The van der Waals surface area contributed by atoms with Crippen molar-refractivity contribution >= 4 is 28.3 Å². The molecule has 2 N–H and O–H groups in total. The third kappa shape index (κ3) is 1.75. The van der Waals surface area contributed by atoms with E-state index < -0.39 is 0 Å². The molecule has 0 aliphatic heterocycles. The predicted octanol–water partition coefficient (Wildman–Crippen LogP) is 3.17. The summed E-state index contributed by atoms with van der Waals surface area (Å²) in [6, 6.07) is 4.47. The predicted molar refractivity (Wildman–Crippen MR) is 60.5 cm³/mol. The van der Waals surface area contributed by atoms with Crippen LogP contribution in [0.1, 0.15) is 12.5 Å². The van der Waals surface area contributed by atoms with Crippen molar-refractivity contribution in [2.24, 2.45) is 0 Å². The first-order chi connectivity index (χ1) is 7.11. The first kappa shape index (κ1) is 10.2. The quantitative estimate of drug-likeness (QED) is 0.808. The molecule has 0 bridgehead atoms. The third-order valence-corrected chi connectivity index (χ3v) is 2.62. The summed E-state index contributed by atoms with van der Waals surface area (Å²) in [4.78, 5) is 4.17. The molecule has 2 nitrogen and oxygen atoms in total. The van der Waals surface area contributed by atoms with Crippen LogP contribution in [0.2, 0.25) is 5.02 Å². The maximum absolute atomic E-state index is 13.1. The maximum atomic E-state index is 13.1. The van der Waals surface area contributed by atoms with E-state index in [2.05, 4.69) is 4.98 Å².